The number of likely N-dealkylation sites (N-methyl/N-ethyl adjacent to an activating group) is 1. The zero-order valence-electron chi connectivity index (χ0n) is 12.1. The number of hydrogen-bond acceptors (Lipinski definition) is 4. The quantitative estimate of drug-likeness (QED) is 0.589. The first-order valence-electron chi connectivity index (χ1n) is 6.62. The number of rotatable bonds is 7. The predicted molar refractivity (Wildman–Crippen MR) is 77.2 cm³/mol. The third-order valence-corrected chi connectivity index (χ3v) is 2.94. The molecule has 0 bridgehead atoms. The molecule has 0 saturated carbocycles. The van der Waals surface area contributed by atoms with Crippen LogP contribution in [0.2, 0.25) is 0 Å². The van der Waals surface area contributed by atoms with Crippen LogP contribution in [0.4, 0.5) is 5.69 Å². The fourth-order valence-electron chi connectivity index (χ4n) is 1.95. The highest BCUT2D eigenvalue weighted by molar-refractivity contribution is 5.81. The van der Waals surface area contributed by atoms with E-state index in [2.05, 4.69) is 10.6 Å². The highest BCUT2D eigenvalue weighted by Crippen LogP contribution is 2.13. The molecule has 6 nitrogen and oxygen atoms in total. The third-order valence-electron chi connectivity index (χ3n) is 2.94. The van der Waals surface area contributed by atoms with Gasteiger partial charge in [-0.2, -0.15) is 0 Å². The normalized spacial score (nSPS) is 12.2. The molecule has 0 aliphatic heterocycles. The molecule has 6 heteroatoms. The molecule has 1 rings (SSSR count). The Kier molecular flexibility index (Phi) is 6.11. The van der Waals surface area contributed by atoms with Gasteiger partial charge in [-0.05, 0) is 17.9 Å². The molecule has 20 heavy (non-hydrogen) atoms. The minimum atomic E-state index is -0.423. The van der Waals surface area contributed by atoms with Crippen LogP contribution < -0.4 is 10.6 Å². The summed E-state index contributed by atoms with van der Waals surface area (Å²) in [6.45, 7) is 4.52. The predicted octanol–water partition coefficient (Wildman–Crippen LogP) is 1.85. The van der Waals surface area contributed by atoms with Gasteiger partial charge in [0.1, 0.15) is 0 Å². The summed E-state index contributed by atoms with van der Waals surface area (Å²) < 4.78 is 0. The fraction of sp³-hybridized carbons (Fsp3) is 0.500. The molecule has 1 unspecified atom stereocenters. The monoisotopic (exact) mass is 279 g/mol. The Morgan fingerprint density at radius 1 is 1.40 bits per heavy atom. The van der Waals surface area contributed by atoms with Gasteiger partial charge >= 0.3 is 0 Å². The Morgan fingerprint density at radius 3 is 2.65 bits per heavy atom. The highest BCUT2D eigenvalue weighted by Gasteiger charge is 2.18. The van der Waals surface area contributed by atoms with Gasteiger partial charge in [-0.15, -0.1) is 0 Å². The number of hydrogen-bond donors (Lipinski definition) is 2. The summed E-state index contributed by atoms with van der Waals surface area (Å²) in [6.07, 6.45) is 0.717. The van der Waals surface area contributed by atoms with Crippen LogP contribution in [0.25, 0.3) is 0 Å². The maximum Gasteiger partial charge on any atom is 0.269 e. The second-order valence-electron chi connectivity index (χ2n) is 5.10. The van der Waals surface area contributed by atoms with E-state index in [4.69, 9.17) is 0 Å². The molecule has 0 fully saturated rings. The van der Waals surface area contributed by atoms with Crippen molar-refractivity contribution in [1.82, 2.24) is 10.6 Å². The van der Waals surface area contributed by atoms with Crippen LogP contribution in [0.3, 0.4) is 0 Å². The number of nitrogens with one attached hydrogen (secondary N) is 2. The van der Waals surface area contributed by atoms with E-state index >= 15 is 0 Å². The molecule has 0 aliphatic carbocycles. The maximum atomic E-state index is 11.8. The van der Waals surface area contributed by atoms with E-state index in [1.54, 1.807) is 19.2 Å². The Morgan fingerprint density at radius 2 is 2.10 bits per heavy atom. The van der Waals surface area contributed by atoms with Gasteiger partial charge in [0.15, 0.2) is 0 Å². The Labute approximate surface area is 118 Å². The summed E-state index contributed by atoms with van der Waals surface area (Å²) in [5.74, 6) is 0.319. The molecule has 1 amide bonds. The van der Waals surface area contributed by atoms with Gasteiger partial charge in [0, 0.05) is 25.7 Å². The summed E-state index contributed by atoms with van der Waals surface area (Å²) in [6, 6.07) is 6.12. The first kappa shape index (κ1) is 16.1. The molecule has 1 aromatic rings. The van der Waals surface area contributed by atoms with E-state index in [1.807, 2.05) is 13.8 Å². The van der Waals surface area contributed by atoms with Gasteiger partial charge in [-0.25, -0.2) is 0 Å². The minimum Gasteiger partial charge on any atom is -0.358 e. The minimum absolute atomic E-state index is 0.0599. The van der Waals surface area contributed by atoms with E-state index in [1.165, 1.54) is 12.1 Å². The number of nitrogens with zero attached hydrogens (tertiary/aromatic N) is 1. The van der Waals surface area contributed by atoms with Gasteiger partial charge in [0.2, 0.25) is 5.91 Å². The van der Waals surface area contributed by atoms with E-state index in [0.717, 1.165) is 5.56 Å². The standard InChI is InChI=1S/C14H21N3O3/c1-10(2)7-13(14(18)15-3)16-9-11-5-4-6-12(8-11)17(19)20/h4-6,8,10,13,16H,7,9H2,1-3H3,(H,15,18). The molecule has 110 valence electrons. The van der Waals surface area contributed by atoms with Crippen molar-refractivity contribution in [2.75, 3.05) is 7.05 Å². The first-order valence-corrected chi connectivity index (χ1v) is 6.62. The van der Waals surface area contributed by atoms with Crippen molar-refractivity contribution >= 4 is 11.6 Å². The van der Waals surface area contributed by atoms with Gasteiger partial charge in [-0.1, -0.05) is 26.0 Å². The van der Waals surface area contributed by atoms with Crippen LogP contribution in [0, 0.1) is 16.0 Å². The fourth-order valence-corrected chi connectivity index (χ4v) is 1.95. The zero-order valence-corrected chi connectivity index (χ0v) is 12.1. The van der Waals surface area contributed by atoms with E-state index in [0.29, 0.717) is 18.9 Å². The molecule has 1 atom stereocenters. The molecule has 0 radical (unpaired) electrons. The van der Waals surface area contributed by atoms with Gasteiger partial charge in [-0.3, -0.25) is 14.9 Å². The molecule has 0 aliphatic rings. The van der Waals surface area contributed by atoms with E-state index < -0.39 is 4.92 Å². The lowest BCUT2D eigenvalue weighted by Crippen LogP contribution is -2.43. The van der Waals surface area contributed by atoms with Crippen molar-refractivity contribution < 1.29 is 9.72 Å². The Bertz CT molecular complexity index is 474. The molecule has 0 spiro atoms. The third kappa shape index (κ3) is 4.97. The number of nitro groups is 1. The second-order valence-corrected chi connectivity index (χ2v) is 5.10. The number of carbonyl (C=O) groups is 1. The molecule has 0 saturated heterocycles. The molecule has 1 aromatic carbocycles. The first-order chi connectivity index (χ1) is 9.43. The number of carbonyl (C=O) groups excluding carboxylic acids is 1. The summed E-state index contributed by atoms with van der Waals surface area (Å²) >= 11 is 0. The zero-order chi connectivity index (χ0) is 15.1. The van der Waals surface area contributed by atoms with Gasteiger partial charge in [0.05, 0.1) is 11.0 Å². The molecule has 0 aromatic heterocycles. The summed E-state index contributed by atoms with van der Waals surface area (Å²) in [7, 11) is 1.60. The lowest BCUT2D eigenvalue weighted by molar-refractivity contribution is -0.384. The number of amides is 1. The van der Waals surface area contributed by atoms with Crippen LogP contribution in [-0.4, -0.2) is 23.9 Å². The lowest BCUT2D eigenvalue weighted by atomic mass is 10.0. The van der Waals surface area contributed by atoms with Crippen LogP contribution >= 0.6 is 0 Å². The second kappa shape index (κ2) is 7.59. The van der Waals surface area contributed by atoms with Crippen molar-refractivity contribution in [2.45, 2.75) is 32.9 Å². The summed E-state index contributed by atoms with van der Waals surface area (Å²) in [4.78, 5) is 22.1. The maximum absolute atomic E-state index is 11.8. The van der Waals surface area contributed by atoms with Crippen molar-refractivity contribution in [3.63, 3.8) is 0 Å². The van der Waals surface area contributed by atoms with Crippen LogP contribution in [0.5, 0.6) is 0 Å². The van der Waals surface area contributed by atoms with Crippen LogP contribution in [0.1, 0.15) is 25.8 Å². The molecule has 0 heterocycles. The SMILES string of the molecule is CNC(=O)C(CC(C)C)NCc1cccc([N+](=O)[O-])c1. The van der Waals surface area contributed by atoms with Crippen molar-refractivity contribution in [3.8, 4) is 0 Å². The lowest BCUT2D eigenvalue weighted by Gasteiger charge is -2.19. The average Bonchev–Trinajstić information content (AvgIpc) is 2.42. The number of nitro benzene ring substituents is 1. The van der Waals surface area contributed by atoms with E-state index in [-0.39, 0.29) is 17.6 Å². The Hall–Kier alpha value is -1.95. The number of non-ortho nitro benzene ring substituents is 1. The highest BCUT2D eigenvalue weighted by atomic mass is 16.6. The summed E-state index contributed by atoms with van der Waals surface area (Å²) in [5, 5.41) is 16.5. The van der Waals surface area contributed by atoms with Crippen molar-refractivity contribution in [2.24, 2.45) is 5.92 Å². The molecular formula is C14H21N3O3. The Balaban J connectivity index is 2.69. The topological polar surface area (TPSA) is 84.3 Å². The van der Waals surface area contributed by atoms with Crippen molar-refractivity contribution in [1.29, 1.82) is 0 Å². The van der Waals surface area contributed by atoms with E-state index in [9.17, 15) is 14.9 Å². The smallest absolute Gasteiger partial charge is 0.269 e. The summed E-state index contributed by atoms with van der Waals surface area (Å²) in [5.41, 5.74) is 0.849. The average molecular weight is 279 g/mol. The van der Waals surface area contributed by atoms with Crippen LogP contribution in [0.15, 0.2) is 24.3 Å². The van der Waals surface area contributed by atoms with Gasteiger partial charge < -0.3 is 10.6 Å². The van der Waals surface area contributed by atoms with Crippen LogP contribution in [-0.2, 0) is 11.3 Å². The number of benzene rings is 1. The molecular weight excluding hydrogens is 258 g/mol. The van der Waals surface area contributed by atoms with Gasteiger partial charge in [0.25, 0.3) is 5.69 Å². The molecule has 2 N–H and O–H groups in total. The van der Waals surface area contributed by atoms with Crippen molar-refractivity contribution in [3.05, 3.63) is 39.9 Å². The largest absolute Gasteiger partial charge is 0.358 e.